The van der Waals surface area contributed by atoms with Crippen LogP contribution in [0.15, 0.2) is 18.2 Å². The number of hydrogen-bond acceptors (Lipinski definition) is 3. The molecule has 0 bridgehead atoms. The van der Waals surface area contributed by atoms with E-state index in [9.17, 15) is 8.78 Å². The second-order valence-corrected chi connectivity index (χ2v) is 5.00. The maximum atomic E-state index is 13.4. The number of aromatic nitrogens is 3. The molecule has 4 nitrogen and oxygen atoms in total. The van der Waals surface area contributed by atoms with Crippen LogP contribution >= 0.6 is 0 Å². The predicted octanol–water partition coefficient (Wildman–Crippen LogP) is 3.26. The average molecular weight is 294 g/mol. The van der Waals surface area contributed by atoms with Gasteiger partial charge in [-0.2, -0.15) is 0 Å². The Morgan fingerprint density at radius 3 is 2.62 bits per heavy atom. The van der Waals surface area contributed by atoms with Crippen molar-refractivity contribution in [3.63, 3.8) is 0 Å². The molecule has 1 aromatic carbocycles. The first-order chi connectivity index (χ1) is 10.2. The maximum Gasteiger partial charge on any atom is 0.159 e. The Labute approximate surface area is 123 Å². The molecule has 114 valence electrons. The lowest BCUT2D eigenvalue weighted by Gasteiger charge is -2.08. The van der Waals surface area contributed by atoms with Crippen molar-refractivity contribution in [2.75, 3.05) is 0 Å². The fourth-order valence-corrected chi connectivity index (χ4v) is 2.29. The summed E-state index contributed by atoms with van der Waals surface area (Å²) >= 11 is 0. The molecule has 2 rings (SSSR count). The van der Waals surface area contributed by atoms with Gasteiger partial charge in [0.15, 0.2) is 11.6 Å². The summed E-state index contributed by atoms with van der Waals surface area (Å²) in [6.07, 6.45) is 4.39. The molecule has 0 unspecified atom stereocenters. The van der Waals surface area contributed by atoms with E-state index in [1.165, 1.54) is 12.5 Å². The van der Waals surface area contributed by atoms with Crippen molar-refractivity contribution in [2.45, 2.75) is 45.7 Å². The van der Waals surface area contributed by atoms with Gasteiger partial charge in [-0.1, -0.05) is 31.4 Å². The molecule has 0 aliphatic carbocycles. The Morgan fingerprint density at radius 2 is 1.95 bits per heavy atom. The number of nitrogens with two attached hydrogens (primary N) is 1. The lowest BCUT2D eigenvalue weighted by molar-refractivity contribution is 0.508. The number of rotatable bonds is 7. The zero-order valence-corrected chi connectivity index (χ0v) is 12.1. The number of hydrogen-bond donors (Lipinski definition) is 1. The first-order valence-corrected chi connectivity index (χ1v) is 7.25. The third-order valence-corrected chi connectivity index (χ3v) is 3.41. The van der Waals surface area contributed by atoms with Gasteiger partial charge in [0.05, 0.1) is 5.69 Å². The lowest BCUT2D eigenvalue weighted by Crippen LogP contribution is -2.05. The molecular formula is C15H20F2N4. The Hall–Kier alpha value is -1.82. The van der Waals surface area contributed by atoms with Crippen LogP contribution < -0.4 is 5.73 Å². The largest absolute Gasteiger partial charge is 0.325 e. The fraction of sp³-hybridized carbons (Fsp3) is 0.467. The maximum absolute atomic E-state index is 13.4. The van der Waals surface area contributed by atoms with Crippen LogP contribution in [0.1, 0.15) is 38.3 Å². The van der Waals surface area contributed by atoms with Gasteiger partial charge in [0, 0.05) is 18.7 Å². The summed E-state index contributed by atoms with van der Waals surface area (Å²) in [5.41, 5.74) is 7.48. The van der Waals surface area contributed by atoms with E-state index in [4.69, 9.17) is 5.73 Å². The Bertz CT molecular complexity index is 595. The summed E-state index contributed by atoms with van der Waals surface area (Å²) in [6, 6.07) is 3.80. The lowest BCUT2D eigenvalue weighted by atomic mass is 10.1. The number of benzene rings is 1. The van der Waals surface area contributed by atoms with Gasteiger partial charge < -0.3 is 5.73 Å². The first-order valence-electron chi connectivity index (χ1n) is 7.25. The van der Waals surface area contributed by atoms with Crippen molar-refractivity contribution >= 4 is 0 Å². The van der Waals surface area contributed by atoms with E-state index in [0.29, 0.717) is 23.5 Å². The summed E-state index contributed by atoms with van der Waals surface area (Å²) in [7, 11) is 0. The quantitative estimate of drug-likeness (QED) is 0.797. The molecule has 0 fully saturated rings. The summed E-state index contributed by atoms with van der Waals surface area (Å²) in [5, 5.41) is 8.12. The van der Waals surface area contributed by atoms with E-state index in [2.05, 4.69) is 17.2 Å². The molecule has 0 aliphatic rings. The van der Waals surface area contributed by atoms with Gasteiger partial charge in [-0.3, -0.25) is 0 Å². The highest BCUT2D eigenvalue weighted by atomic mass is 19.2. The van der Waals surface area contributed by atoms with Crippen molar-refractivity contribution in [1.82, 2.24) is 15.0 Å². The van der Waals surface area contributed by atoms with Crippen LogP contribution in [0.25, 0.3) is 11.3 Å². The standard InChI is InChI=1S/C15H20F2N4/c1-2-3-4-5-8-21-15(14(10-18)19-20-21)11-6-7-12(16)13(17)9-11/h6-7,9H,2-5,8,10,18H2,1H3. The molecule has 1 aromatic heterocycles. The zero-order chi connectivity index (χ0) is 15.2. The van der Waals surface area contributed by atoms with E-state index < -0.39 is 11.6 Å². The molecule has 0 amide bonds. The molecule has 0 spiro atoms. The monoisotopic (exact) mass is 294 g/mol. The Morgan fingerprint density at radius 1 is 1.14 bits per heavy atom. The summed E-state index contributed by atoms with van der Waals surface area (Å²) in [4.78, 5) is 0. The van der Waals surface area contributed by atoms with Crippen molar-refractivity contribution in [1.29, 1.82) is 0 Å². The number of aryl methyl sites for hydroxylation is 1. The van der Waals surface area contributed by atoms with Crippen LogP contribution in [-0.2, 0) is 13.1 Å². The van der Waals surface area contributed by atoms with Gasteiger partial charge in [-0.25, -0.2) is 13.5 Å². The van der Waals surface area contributed by atoms with Crippen molar-refractivity contribution in [3.8, 4) is 11.3 Å². The average Bonchev–Trinajstić information content (AvgIpc) is 2.89. The minimum Gasteiger partial charge on any atom is -0.325 e. The highest BCUT2D eigenvalue weighted by Gasteiger charge is 2.15. The van der Waals surface area contributed by atoms with Crippen LogP contribution in [0.3, 0.4) is 0 Å². The van der Waals surface area contributed by atoms with Crippen LogP contribution in [0.5, 0.6) is 0 Å². The highest BCUT2D eigenvalue weighted by Crippen LogP contribution is 2.24. The highest BCUT2D eigenvalue weighted by molar-refractivity contribution is 5.62. The summed E-state index contributed by atoms with van der Waals surface area (Å²) in [6.45, 7) is 3.05. The minimum atomic E-state index is -0.880. The molecule has 2 aromatic rings. The van der Waals surface area contributed by atoms with Crippen molar-refractivity contribution in [3.05, 3.63) is 35.5 Å². The molecule has 0 aliphatic heterocycles. The molecular weight excluding hydrogens is 274 g/mol. The van der Waals surface area contributed by atoms with Gasteiger partial charge in [0.1, 0.15) is 5.69 Å². The molecule has 1 heterocycles. The third kappa shape index (κ3) is 3.64. The number of nitrogens with zero attached hydrogens (tertiary/aromatic N) is 3. The molecule has 21 heavy (non-hydrogen) atoms. The van der Waals surface area contributed by atoms with Crippen molar-refractivity contribution < 1.29 is 8.78 Å². The molecule has 0 saturated heterocycles. The SMILES string of the molecule is CCCCCCn1nnc(CN)c1-c1ccc(F)c(F)c1. The van der Waals surface area contributed by atoms with Gasteiger partial charge in [0.2, 0.25) is 0 Å². The van der Waals surface area contributed by atoms with Gasteiger partial charge in [0.25, 0.3) is 0 Å². The normalized spacial score (nSPS) is 11.0. The van der Waals surface area contributed by atoms with E-state index in [1.807, 2.05) is 0 Å². The topological polar surface area (TPSA) is 56.7 Å². The predicted molar refractivity (Wildman–Crippen MR) is 77.4 cm³/mol. The molecule has 0 atom stereocenters. The number of unbranched alkanes of at least 4 members (excludes halogenated alkanes) is 3. The van der Waals surface area contributed by atoms with Crippen LogP contribution in [0.4, 0.5) is 8.78 Å². The van der Waals surface area contributed by atoms with Gasteiger partial charge in [-0.05, 0) is 24.6 Å². The second kappa shape index (κ2) is 7.26. The minimum absolute atomic E-state index is 0.212. The molecule has 0 radical (unpaired) electrons. The zero-order valence-electron chi connectivity index (χ0n) is 12.1. The fourth-order valence-electron chi connectivity index (χ4n) is 2.29. The van der Waals surface area contributed by atoms with Crippen molar-refractivity contribution in [2.24, 2.45) is 5.73 Å². The molecule has 0 saturated carbocycles. The summed E-state index contributed by atoms with van der Waals surface area (Å²) < 4.78 is 28.2. The van der Waals surface area contributed by atoms with Crippen LogP contribution in [0.2, 0.25) is 0 Å². The van der Waals surface area contributed by atoms with E-state index in [0.717, 1.165) is 31.4 Å². The third-order valence-electron chi connectivity index (χ3n) is 3.41. The van der Waals surface area contributed by atoms with E-state index in [1.54, 1.807) is 4.68 Å². The van der Waals surface area contributed by atoms with Crippen LogP contribution in [0, 0.1) is 11.6 Å². The molecule has 6 heteroatoms. The van der Waals surface area contributed by atoms with Crippen LogP contribution in [-0.4, -0.2) is 15.0 Å². The molecule has 2 N–H and O–H groups in total. The van der Waals surface area contributed by atoms with Gasteiger partial charge in [-0.15, -0.1) is 5.10 Å². The Kier molecular flexibility index (Phi) is 5.38. The second-order valence-electron chi connectivity index (χ2n) is 5.00. The van der Waals surface area contributed by atoms with Gasteiger partial charge >= 0.3 is 0 Å². The first kappa shape index (κ1) is 15.6. The Balaban J connectivity index is 2.27. The summed E-state index contributed by atoms with van der Waals surface area (Å²) in [5.74, 6) is -1.75. The smallest absolute Gasteiger partial charge is 0.159 e. The number of halogens is 2. The van der Waals surface area contributed by atoms with E-state index in [-0.39, 0.29) is 6.54 Å². The van der Waals surface area contributed by atoms with E-state index >= 15 is 0 Å².